The Kier molecular flexibility index (Phi) is 7.63. The maximum Gasteiger partial charge on any atom is 0.253 e. The number of aliphatic hydroxyl groups excluding tert-OH is 1. The van der Waals surface area contributed by atoms with E-state index in [1.807, 2.05) is 39.8 Å². The van der Waals surface area contributed by atoms with Crippen LogP contribution in [-0.4, -0.2) is 28.5 Å². The molecule has 128 valence electrons. The van der Waals surface area contributed by atoms with Crippen molar-refractivity contribution in [2.24, 2.45) is 0 Å². The van der Waals surface area contributed by atoms with Gasteiger partial charge in [-0.1, -0.05) is 31.5 Å². The Balaban J connectivity index is 0.000000215. The number of hydrogen-bond donors (Lipinski definition) is 1. The Morgan fingerprint density at radius 3 is 2.13 bits per heavy atom. The van der Waals surface area contributed by atoms with Crippen LogP contribution in [0.15, 0.2) is 29.5 Å². The van der Waals surface area contributed by atoms with Gasteiger partial charge in [0, 0.05) is 11.6 Å². The number of carbonyl (C=O) groups excluding carboxylic acids is 1. The molecule has 1 saturated heterocycles. The molecule has 0 radical (unpaired) electrons. The van der Waals surface area contributed by atoms with Crippen LogP contribution in [-0.2, 0) is 4.79 Å². The molecule has 0 aromatic heterocycles. The normalized spacial score (nSPS) is 19.5. The van der Waals surface area contributed by atoms with Crippen molar-refractivity contribution >= 4 is 17.5 Å². The van der Waals surface area contributed by atoms with Crippen molar-refractivity contribution in [2.45, 2.75) is 59.9 Å². The molecular formula is C19H28ClNO2. The molecule has 1 aromatic rings. The second-order valence-electron chi connectivity index (χ2n) is 5.83. The molecule has 2 heterocycles. The van der Waals surface area contributed by atoms with Crippen LogP contribution in [0.1, 0.15) is 51.2 Å². The Hall–Kier alpha value is -1.48. The molecule has 23 heavy (non-hydrogen) atoms. The largest absolute Gasteiger partial charge is 0.510 e. The number of benzene rings is 1. The summed E-state index contributed by atoms with van der Waals surface area (Å²) in [5, 5.41) is 10.4. The summed E-state index contributed by atoms with van der Waals surface area (Å²) in [6.07, 6.45) is 3.11. The Labute approximate surface area is 145 Å². The van der Waals surface area contributed by atoms with E-state index in [2.05, 4.69) is 6.07 Å². The first-order valence-electron chi connectivity index (χ1n) is 8.34. The molecule has 1 fully saturated rings. The van der Waals surface area contributed by atoms with E-state index in [4.69, 9.17) is 11.6 Å². The van der Waals surface area contributed by atoms with Gasteiger partial charge in [0.05, 0.1) is 11.6 Å². The van der Waals surface area contributed by atoms with E-state index >= 15 is 0 Å². The van der Waals surface area contributed by atoms with E-state index in [1.165, 1.54) is 11.1 Å². The lowest BCUT2D eigenvalue weighted by molar-refractivity contribution is -0.128. The number of amides is 1. The molecule has 3 rings (SSSR count). The van der Waals surface area contributed by atoms with Crippen molar-refractivity contribution in [3.63, 3.8) is 0 Å². The molecule has 4 heteroatoms. The first kappa shape index (κ1) is 19.6. The number of aryl methyl sites for hydroxylation is 2. The fourth-order valence-electron chi connectivity index (χ4n) is 2.95. The van der Waals surface area contributed by atoms with Crippen molar-refractivity contribution in [1.29, 1.82) is 0 Å². The van der Waals surface area contributed by atoms with Crippen LogP contribution < -0.4 is 0 Å². The number of rotatable bonds is 0. The van der Waals surface area contributed by atoms with Crippen molar-refractivity contribution in [3.05, 3.63) is 45.7 Å². The summed E-state index contributed by atoms with van der Waals surface area (Å²) >= 11 is 5.75. The summed E-state index contributed by atoms with van der Waals surface area (Å²) < 4.78 is 0. The van der Waals surface area contributed by atoms with Crippen LogP contribution in [0.2, 0.25) is 5.02 Å². The monoisotopic (exact) mass is 337 g/mol. The van der Waals surface area contributed by atoms with E-state index in [9.17, 15) is 9.90 Å². The Bertz CT molecular complexity index is 530. The summed E-state index contributed by atoms with van der Waals surface area (Å²) in [5.41, 5.74) is 2.99. The van der Waals surface area contributed by atoms with E-state index < -0.39 is 0 Å². The van der Waals surface area contributed by atoms with Crippen LogP contribution >= 0.6 is 11.6 Å². The maximum absolute atomic E-state index is 11.5. The van der Waals surface area contributed by atoms with Crippen LogP contribution in [0.4, 0.5) is 0 Å². The summed E-state index contributed by atoms with van der Waals surface area (Å²) in [5.74, 6) is 0.330. The Morgan fingerprint density at radius 1 is 1.09 bits per heavy atom. The quantitative estimate of drug-likeness (QED) is 0.707. The lowest BCUT2D eigenvalue weighted by atomic mass is 10.0. The van der Waals surface area contributed by atoms with E-state index in [0.29, 0.717) is 11.3 Å². The minimum absolute atomic E-state index is 0.00579. The molecule has 3 nitrogen and oxygen atoms in total. The van der Waals surface area contributed by atoms with Crippen molar-refractivity contribution in [3.8, 4) is 0 Å². The molecule has 1 aromatic carbocycles. The second kappa shape index (κ2) is 8.97. The predicted molar refractivity (Wildman–Crippen MR) is 97.0 cm³/mol. The molecule has 2 aliphatic heterocycles. The zero-order valence-corrected chi connectivity index (χ0v) is 15.6. The molecule has 0 aliphatic carbocycles. The molecule has 1 atom stereocenters. The van der Waals surface area contributed by atoms with Crippen molar-refractivity contribution in [2.75, 3.05) is 6.54 Å². The first-order chi connectivity index (χ1) is 10.9. The molecule has 1 amide bonds. The Morgan fingerprint density at radius 2 is 1.65 bits per heavy atom. The fourth-order valence-corrected chi connectivity index (χ4v) is 3.30. The molecular weight excluding hydrogens is 310 g/mol. The summed E-state index contributed by atoms with van der Waals surface area (Å²) in [6.45, 7) is 10.6. The average molecular weight is 338 g/mol. The van der Waals surface area contributed by atoms with Gasteiger partial charge < -0.3 is 10.0 Å². The highest BCUT2D eigenvalue weighted by molar-refractivity contribution is 6.30. The second-order valence-corrected chi connectivity index (χ2v) is 6.26. The van der Waals surface area contributed by atoms with Crippen LogP contribution in [0.25, 0.3) is 0 Å². The third-order valence-electron chi connectivity index (χ3n) is 3.97. The zero-order valence-electron chi connectivity index (χ0n) is 14.8. The topological polar surface area (TPSA) is 40.5 Å². The van der Waals surface area contributed by atoms with Crippen LogP contribution in [0, 0.1) is 13.8 Å². The van der Waals surface area contributed by atoms with Gasteiger partial charge >= 0.3 is 0 Å². The lowest BCUT2D eigenvalue weighted by Gasteiger charge is -2.29. The predicted octanol–water partition coefficient (Wildman–Crippen LogP) is 5.20. The minimum Gasteiger partial charge on any atom is -0.510 e. The van der Waals surface area contributed by atoms with Crippen LogP contribution in [0.3, 0.4) is 0 Å². The van der Waals surface area contributed by atoms with Gasteiger partial charge in [-0.3, -0.25) is 4.79 Å². The number of hydrogen-bond acceptors (Lipinski definition) is 2. The van der Waals surface area contributed by atoms with Gasteiger partial charge in [-0.05, 0) is 63.3 Å². The molecule has 1 N–H and O–H groups in total. The molecule has 0 spiro atoms. The van der Waals surface area contributed by atoms with Crippen molar-refractivity contribution in [1.82, 2.24) is 4.90 Å². The van der Waals surface area contributed by atoms with Gasteiger partial charge in [0.1, 0.15) is 5.76 Å². The van der Waals surface area contributed by atoms with Gasteiger partial charge in [-0.25, -0.2) is 0 Å². The minimum atomic E-state index is 0.00579. The van der Waals surface area contributed by atoms with Gasteiger partial charge in [-0.2, -0.15) is 0 Å². The summed E-state index contributed by atoms with van der Waals surface area (Å²) in [6, 6.07) is 6.01. The zero-order chi connectivity index (χ0) is 17.6. The molecule has 0 bridgehead atoms. The summed E-state index contributed by atoms with van der Waals surface area (Å²) in [4.78, 5) is 13.2. The van der Waals surface area contributed by atoms with Gasteiger partial charge in [-0.15, -0.1) is 0 Å². The van der Waals surface area contributed by atoms with E-state index in [-0.39, 0.29) is 11.9 Å². The first-order valence-corrected chi connectivity index (χ1v) is 8.72. The smallest absolute Gasteiger partial charge is 0.253 e. The SMILES string of the molecule is CC.CC1=C(O)C2CCCCN2C1=O.Cc1cc(C)cc(Cl)c1. The highest BCUT2D eigenvalue weighted by Crippen LogP contribution is 2.30. The van der Waals surface area contributed by atoms with E-state index in [0.717, 1.165) is 30.8 Å². The standard InChI is InChI=1S/C9H13NO2.C8H9Cl.C2H6/c1-6-8(11)7-4-2-3-5-10(7)9(6)12;1-6-3-7(2)5-8(9)4-6;1-2/h7,11H,2-5H2,1H3;3-5H,1-2H3;1-2H3. The van der Waals surface area contributed by atoms with Gasteiger partial charge in [0.15, 0.2) is 0 Å². The third-order valence-corrected chi connectivity index (χ3v) is 4.19. The van der Waals surface area contributed by atoms with Gasteiger partial charge in [0.25, 0.3) is 5.91 Å². The number of aliphatic hydroxyl groups is 1. The average Bonchev–Trinajstić information content (AvgIpc) is 2.74. The fraction of sp³-hybridized carbons (Fsp3) is 0.526. The maximum atomic E-state index is 11.5. The van der Waals surface area contributed by atoms with Crippen molar-refractivity contribution < 1.29 is 9.90 Å². The number of nitrogens with zero attached hydrogens (tertiary/aromatic N) is 1. The van der Waals surface area contributed by atoms with Gasteiger partial charge in [0.2, 0.25) is 0 Å². The van der Waals surface area contributed by atoms with E-state index in [1.54, 1.807) is 11.8 Å². The number of fused-ring (bicyclic) bond motifs is 1. The highest BCUT2D eigenvalue weighted by Gasteiger charge is 2.38. The third kappa shape index (κ3) is 5.00. The molecule has 2 aliphatic rings. The lowest BCUT2D eigenvalue weighted by Crippen LogP contribution is -2.39. The number of carbonyl (C=O) groups is 1. The molecule has 0 saturated carbocycles. The highest BCUT2D eigenvalue weighted by atomic mass is 35.5. The number of halogens is 1. The number of piperidine rings is 1. The molecule has 1 unspecified atom stereocenters. The summed E-state index contributed by atoms with van der Waals surface area (Å²) in [7, 11) is 0. The van der Waals surface area contributed by atoms with Crippen LogP contribution in [0.5, 0.6) is 0 Å².